The fourth-order valence-electron chi connectivity index (χ4n) is 5.58. The van der Waals surface area contributed by atoms with Crippen LogP contribution in [0.15, 0.2) is 47.6 Å². The molecule has 6 atom stereocenters. The maximum atomic E-state index is 13.0. The second kappa shape index (κ2) is 5.54. The largest absolute Gasteiger partial charge is 0.458 e. The molecule has 1 saturated heterocycles. The lowest BCUT2D eigenvalue weighted by molar-refractivity contribution is -0.169. The predicted molar refractivity (Wildman–Crippen MR) is 100 cm³/mol. The Hall–Kier alpha value is -2.47. The van der Waals surface area contributed by atoms with Crippen LogP contribution < -0.4 is 0 Å². The van der Waals surface area contributed by atoms with Gasteiger partial charge in [-0.25, -0.2) is 4.79 Å². The highest BCUT2D eigenvalue weighted by Gasteiger charge is 2.73. The van der Waals surface area contributed by atoms with E-state index in [-0.39, 0.29) is 17.6 Å². The highest BCUT2D eigenvalue weighted by molar-refractivity contribution is 6.06. The van der Waals surface area contributed by atoms with Gasteiger partial charge in [-0.2, -0.15) is 0 Å². The number of oxime groups is 1. The number of ketones is 1. The fraction of sp³-hybridized carbons (Fsp3) is 0.500. The molecule has 0 bridgehead atoms. The summed E-state index contributed by atoms with van der Waals surface area (Å²) in [6.07, 6.45) is 3.85. The minimum absolute atomic E-state index is 0.141. The van der Waals surface area contributed by atoms with E-state index in [1.165, 1.54) is 6.08 Å². The van der Waals surface area contributed by atoms with Crippen molar-refractivity contribution in [2.24, 2.45) is 22.4 Å². The lowest BCUT2D eigenvalue weighted by atomic mass is 9.63. The monoisotopic (exact) mass is 381 g/mol. The molecule has 0 amide bonds. The summed E-state index contributed by atoms with van der Waals surface area (Å²) < 4.78 is 5.81. The standard InChI is InChI=1S/C22H23NO5/c1-13-8-9-15-18(20(2)17(24)10-11-22(13,20)26)27-19(25)21(15)12-16(23-28-21)14-6-4-3-5-7-14/h3-7,10-11,13,15,18,26H,8-9,12H2,1-2H3/t13-,15+,18+,20-,21?,22+/m0/s1. The van der Waals surface area contributed by atoms with Crippen LogP contribution in [0.3, 0.4) is 0 Å². The number of aliphatic hydroxyl groups is 1. The van der Waals surface area contributed by atoms with Crippen molar-refractivity contribution in [1.82, 2.24) is 0 Å². The number of benzene rings is 1. The predicted octanol–water partition coefficient (Wildman–Crippen LogP) is 2.40. The molecule has 1 spiro atoms. The molecular formula is C22H23NO5. The van der Waals surface area contributed by atoms with Gasteiger partial charge in [-0.15, -0.1) is 0 Å². The third-order valence-electron chi connectivity index (χ3n) is 7.46. The van der Waals surface area contributed by atoms with E-state index in [1.54, 1.807) is 13.0 Å². The molecule has 0 radical (unpaired) electrons. The Morgan fingerprint density at radius 2 is 1.93 bits per heavy atom. The van der Waals surface area contributed by atoms with Crippen molar-refractivity contribution in [2.45, 2.75) is 50.4 Å². The molecule has 1 aromatic rings. The van der Waals surface area contributed by atoms with Crippen LogP contribution in [0.5, 0.6) is 0 Å². The molecule has 1 N–H and O–H groups in total. The van der Waals surface area contributed by atoms with E-state index < -0.39 is 28.7 Å². The minimum Gasteiger partial charge on any atom is -0.458 e. The second-order valence-electron chi connectivity index (χ2n) is 8.70. The number of fused-ring (bicyclic) bond motifs is 4. The molecule has 6 nitrogen and oxygen atoms in total. The summed E-state index contributed by atoms with van der Waals surface area (Å²) in [5, 5.41) is 15.6. The number of ether oxygens (including phenoxy) is 1. The number of nitrogens with zero attached hydrogens (tertiary/aromatic N) is 1. The van der Waals surface area contributed by atoms with Crippen molar-refractivity contribution in [3.63, 3.8) is 0 Å². The summed E-state index contributed by atoms with van der Waals surface area (Å²) in [6, 6.07) is 9.60. The molecule has 1 aromatic carbocycles. The first-order chi connectivity index (χ1) is 13.3. The van der Waals surface area contributed by atoms with E-state index in [1.807, 2.05) is 37.3 Å². The maximum Gasteiger partial charge on any atom is 0.354 e. The highest BCUT2D eigenvalue weighted by atomic mass is 16.7. The topological polar surface area (TPSA) is 85.2 Å². The molecule has 146 valence electrons. The fourth-order valence-corrected chi connectivity index (χ4v) is 5.58. The number of hydrogen-bond acceptors (Lipinski definition) is 6. The molecule has 2 heterocycles. The third-order valence-corrected chi connectivity index (χ3v) is 7.46. The summed E-state index contributed by atoms with van der Waals surface area (Å²) >= 11 is 0. The van der Waals surface area contributed by atoms with Gasteiger partial charge in [0.2, 0.25) is 5.60 Å². The van der Waals surface area contributed by atoms with Crippen LogP contribution in [-0.4, -0.2) is 39.9 Å². The molecule has 2 aliphatic heterocycles. The van der Waals surface area contributed by atoms with Gasteiger partial charge in [0, 0.05) is 6.42 Å². The molecule has 2 aliphatic carbocycles. The number of carbonyl (C=O) groups is 2. The first-order valence-corrected chi connectivity index (χ1v) is 9.80. The average molecular weight is 381 g/mol. The maximum absolute atomic E-state index is 13.0. The van der Waals surface area contributed by atoms with Gasteiger partial charge >= 0.3 is 5.97 Å². The number of carbonyl (C=O) groups excluding carboxylic acids is 2. The van der Waals surface area contributed by atoms with Gasteiger partial charge in [-0.1, -0.05) is 42.4 Å². The van der Waals surface area contributed by atoms with Crippen LogP contribution >= 0.6 is 0 Å². The van der Waals surface area contributed by atoms with Crippen LogP contribution in [0.1, 0.15) is 38.7 Å². The van der Waals surface area contributed by atoms with Crippen LogP contribution in [0.25, 0.3) is 0 Å². The Kier molecular flexibility index (Phi) is 3.48. The summed E-state index contributed by atoms with van der Waals surface area (Å²) in [4.78, 5) is 31.7. The Morgan fingerprint density at radius 1 is 1.18 bits per heavy atom. The van der Waals surface area contributed by atoms with Gasteiger partial charge in [0.05, 0.1) is 11.6 Å². The SMILES string of the molecule is C[C@H]1CC[C@@H]2[C@@H](OC(=O)C23CC(c2ccccc2)=NO3)[C@]2(C)C(=O)C=C[C@@]12O. The van der Waals surface area contributed by atoms with Crippen molar-refractivity contribution in [3.05, 3.63) is 48.0 Å². The zero-order chi connectivity index (χ0) is 19.7. The Labute approximate surface area is 163 Å². The second-order valence-corrected chi connectivity index (χ2v) is 8.70. The molecule has 2 fully saturated rings. The van der Waals surface area contributed by atoms with Crippen LogP contribution in [0.2, 0.25) is 0 Å². The number of hydrogen-bond donors (Lipinski definition) is 1. The zero-order valence-corrected chi connectivity index (χ0v) is 15.9. The van der Waals surface area contributed by atoms with Crippen molar-refractivity contribution in [2.75, 3.05) is 0 Å². The molecule has 6 heteroatoms. The molecule has 4 aliphatic rings. The van der Waals surface area contributed by atoms with Gasteiger partial charge in [0.25, 0.3) is 0 Å². The molecular weight excluding hydrogens is 358 g/mol. The third kappa shape index (κ3) is 1.94. The summed E-state index contributed by atoms with van der Waals surface area (Å²) in [6.45, 7) is 3.66. The molecule has 1 unspecified atom stereocenters. The normalized spacial score (nSPS) is 44.0. The number of allylic oxidation sites excluding steroid dienone is 1. The molecule has 28 heavy (non-hydrogen) atoms. The van der Waals surface area contributed by atoms with Gasteiger partial charge in [0.15, 0.2) is 5.78 Å². The van der Waals surface area contributed by atoms with Crippen LogP contribution in [-0.2, 0) is 19.2 Å². The Bertz CT molecular complexity index is 924. The molecule has 0 aromatic heterocycles. The first-order valence-electron chi connectivity index (χ1n) is 9.80. The quantitative estimate of drug-likeness (QED) is 0.755. The van der Waals surface area contributed by atoms with Crippen molar-refractivity contribution >= 4 is 17.5 Å². The van der Waals surface area contributed by atoms with Crippen molar-refractivity contribution in [1.29, 1.82) is 0 Å². The lowest BCUT2D eigenvalue weighted by Crippen LogP contribution is -2.57. The number of esters is 1. The van der Waals surface area contributed by atoms with Gasteiger partial charge < -0.3 is 14.7 Å². The van der Waals surface area contributed by atoms with E-state index in [0.29, 0.717) is 25.0 Å². The summed E-state index contributed by atoms with van der Waals surface area (Å²) in [5.41, 5.74) is -2.18. The van der Waals surface area contributed by atoms with Crippen LogP contribution in [0, 0.1) is 17.3 Å². The molecule has 5 rings (SSSR count). The van der Waals surface area contributed by atoms with E-state index >= 15 is 0 Å². The van der Waals surface area contributed by atoms with Gasteiger partial charge in [-0.05, 0) is 43.4 Å². The van der Waals surface area contributed by atoms with Gasteiger partial charge in [0.1, 0.15) is 17.1 Å². The average Bonchev–Trinajstić information content (AvgIpc) is 3.32. The summed E-state index contributed by atoms with van der Waals surface area (Å²) in [7, 11) is 0. The molecule has 1 saturated carbocycles. The van der Waals surface area contributed by atoms with Crippen LogP contribution in [0.4, 0.5) is 0 Å². The van der Waals surface area contributed by atoms with E-state index in [9.17, 15) is 14.7 Å². The van der Waals surface area contributed by atoms with Crippen molar-refractivity contribution in [3.8, 4) is 0 Å². The van der Waals surface area contributed by atoms with E-state index in [4.69, 9.17) is 9.57 Å². The van der Waals surface area contributed by atoms with Gasteiger partial charge in [-0.3, -0.25) is 4.79 Å². The zero-order valence-electron chi connectivity index (χ0n) is 15.9. The smallest absolute Gasteiger partial charge is 0.354 e. The van der Waals surface area contributed by atoms with E-state index in [2.05, 4.69) is 5.16 Å². The van der Waals surface area contributed by atoms with E-state index in [0.717, 1.165) is 5.56 Å². The number of rotatable bonds is 1. The Morgan fingerprint density at radius 3 is 2.68 bits per heavy atom. The highest BCUT2D eigenvalue weighted by Crippen LogP contribution is 2.59. The first kappa shape index (κ1) is 17.6. The summed E-state index contributed by atoms with van der Waals surface area (Å²) in [5.74, 6) is -1.19. The minimum atomic E-state index is -1.34. The lowest BCUT2D eigenvalue weighted by Gasteiger charge is -2.43. The van der Waals surface area contributed by atoms with Crippen molar-refractivity contribution < 1.29 is 24.3 Å². The Balaban J connectivity index is 1.55.